The van der Waals surface area contributed by atoms with Crippen LogP contribution >= 0.6 is 23.1 Å². The minimum atomic E-state index is -0.603. The number of rotatable bonds is 11. The van der Waals surface area contributed by atoms with Gasteiger partial charge in [0.25, 0.3) is 17.5 Å². The van der Waals surface area contributed by atoms with E-state index in [1.54, 1.807) is 55.5 Å². The predicted octanol–water partition coefficient (Wildman–Crippen LogP) is 7.56. The van der Waals surface area contributed by atoms with E-state index in [-0.39, 0.29) is 17.3 Å². The van der Waals surface area contributed by atoms with Crippen molar-refractivity contribution < 1.29 is 19.3 Å². The number of carbonyl (C=O) groups is 3. The molecule has 12 heteroatoms. The van der Waals surface area contributed by atoms with E-state index in [9.17, 15) is 24.5 Å². The molecule has 0 aliphatic heterocycles. The summed E-state index contributed by atoms with van der Waals surface area (Å²) in [5.41, 5.74) is 2.92. The normalized spacial score (nSPS) is 11.7. The van der Waals surface area contributed by atoms with E-state index in [1.165, 1.54) is 53.4 Å². The zero-order valence-corrected chi connectivity index (χ0v) is 26.9. The van der Waals surface area contributed by atoms with Gasteiger partial charge in [-0.1, -0.05) is 54.6 Å². The molecule has 0 aliphatic rings. The first kappa shape index (κ1) is 32.8. The van der Waals surface area contributed by atoms with E-state index in [1.807, 2.05) is 43.3 Å². The van der Waals surface area contributed by atoms with E-state index in [4.69, 9.17) is 0 Å². The van der Waals surface area contributed by atoms with Gasteiger partial charge in [0.15, 0.2) is 5.13 Å². The summed E-state index contributed by atoms with van der Waals surface area (Å²) in [5, 5.41) is 19.5. The van der Waals surface area contributed by atoms with Gasteiger partial charge in [-0.05, 0) is 68.0 Å². The Hall–Kier alpha value is -5.59. The van der Waals surface area contributed by atoms with Crippen LogP contribution in [0.3, 0.4) is 0 Å². The summed E-state index contributed by atoms with van der Waals surface area (Å²) in [6.45, 7) is 3.75. The van der Waals surface area contributed by atoms with Crippen LogP contribution in [-0.4, -0.2) is 32.9 Å². The number of benzene rings is 4. The SMILES string of the molecule is Cc1sc(NC(=O)C(C)Sc2cccc(NC(=O)/C(=C\c3ccc([N+](=O)[O-])cc3)NC(=O)c3ccccc3)c2)nc1-c1ccccc1. The van der Waals surface area contributed by atoms with Crippen LogP contribution in [0.2, 0.25) is 0 Å². The molecule has 3 N–H and O–H groups in total. The number of nitro benzene ring substituents is 1. The summed E-state index contributed by atoms with van der Waals surface area (Å²) in [7, 11) is 0. The van der Waals surface area contributed by atoms with Crippen molar-refractivity contribution in [1.82, 2.24) is 10.3 Å². The van der Waals surface area contributed by atoms with Crippen molar-refractivity contribution in [3.05, 3.63) is 141 Å². The van der Waals surface area contributed by atoms with Gasteiger partial charge in [0.05, 0.1) is 15.9 Å². The van der Waals surface area contributed by atoms with Crippen molar-refractivity contribution in [2.24, 2.45) is 0 Å². The van der Waals surface area contributed by atoms with E-state index >= 15 is 0 Å². The Morgan fingerprint density at radius 3 is 2.26 bits per heavy atom. The molecule has 0 saturated heterocycles. The Morgan fingerprint density at radius 1 is 0.894 bits per heavy atom. The summed E-state index contributed by atoms with van der Waals surface area (Å²) < 4.78 is 0. The standard InChI is InChI=1S/C35H29N5O5S2/c1-22-31(25-10-5-3-6-11-25)38-35(47-22)39-32(41)23(2)46-29-15-9-14-27(21-29)36-34(43)30(37-33(42)26-12-7-4-8-13-26)20-24-16-18-28(19-17-24)40(44)45/h3-21,23H,1-2H3,(H,36,43)(H,37,42)(H,38,39,41)/b30-20+. The quantitative estimate of drug-likeness (QED) is 0.0573. The highest BCUT2D eigenvalue weighted by molar-refractivity contribution is 8.00. The zero-order chi connectivity index (χ0) is 33.3. The number of hydrogen-bond donors (Lipinski definition) is 3. The average molecular weight is 664 g/mol. The van der Waals surface area contributed by atoms with Gasteiger partial charge in [-0.25, -0.2) is 4.98 Å². The molecule has 5 aromatic rings. The monoisotopic (exact) mass is 663 g/mol. The summed E-state index contributed by atoms with van der Waals surface area (Å²) in [4.78, 5) is 56.4. The highest BCUT2D eigenvalue weighted by Crippen LogP contribution is 2.32. The number of thioether (sulfide) groups is 1. The highest BCUT2D eigenvalue weighted by atomic mass is 32.2. The number of nitrogens with zero attached hydrogens (tertiary/aromatic N) is 2. The second kappa shape index (κ2) is 15.1. The molecule has 0 saturated carbocycles. The molecule has 1 unspecified atom stereocenters. The van der Waals surface area contributed by atoms with Crippen LogP contribution in [0.25, 0.3) is 17.3 Å². The maximum atomic E-state index is 13.5. The fourth-order valence-electron chi connectivity index (χ4n) is 4.43. The fraction of sp³-hybridized carbons (Fsp3) is 0.0857. The number of non-ortho nitro benzene ring substituents is 1. The lowest BCUT2D eigenvalue weighted by atomic mass is 10.1. The van der Waals surface area contributed by atoms with Crippen molar-refractivity contribution in [2.75, 3.05) is 10.6 Å². The average Bonchev–Trinajstić information content (AvgIpc) is 3.44. The molecule has 0 radical (unpaired) electrons. The predicted molar refractivity (Wildman–Crippen MR) is 186 cm³/mol. The van der Waals surface area contributed by atoms with Crippen molar-refractivity contribution >= 4 is 63.4 Å². The Balaban J connectivity index is 1.28. The number of nitrogens with one attached hydrogen (secondary N) is 3. The van der Waals surface area contributed by atoms with Gasteiger partial charge in [0.2, 0.25) is 5.91 Å². The molecule has 0 bridgehead atoms. The maximum absolute atomic E-state index is 13.5. The maximum Gasteiger partial charge on any atom is 0.272 e. The summed E-state index contributed by atoms with van der Waals surface area (Å²) in [6.07, 6.45) is 1.44. The lowest BCUT2D eigenvalue weighted by molar-refractivity contribution is -0.384. The van der Waals surface area contributed by atoms with Gasteiger partial charge >= 0.3 is 0 Å². The number of aryl methyl sites for hydroxylation is 1. The molecule has 0 fully saturated rings. The van der Waals surface area contributed by atoms with Gasteiger partial charge in [0.1, 0.15) is 5.70 Å². The van der Waals surface area contributed by atoms with Crippen LogP contribution in [0, 0.1) is 17.0 Å². The first-order valence-electron chi connectivity index (χ1n) is 14.4. The topological polar surface area (TPSA) is 143 Å². The van der Waals surface area contributed by atoms with Gasteiger partial charge in [0, 0.05) is 38.7 Å². The Labute approximate surface area is 279 Å². The molecule has 4 aromatic carbocycles. The molecule has 1 heterocycles. The minimum Gasteiger partial charge on any atom is -0.321 e. The number of anilines is 2. The minimum absolute atomic E-state index is 0.0629. The first-order valence-corrected chi connectivity index (χ1v) is 16.1. The molecule has 47 heavy (non-hydrogen) atoms. The third kappa shape index (κ3) is 8.78. The molecule has 5 rings (SSSR count). The lowest BCUT2D eigenvalue weighted by Gasteiger charge is -2.13. The third-order valence-corrected chi connectivity index (χ3v) is 8.77. The largest absolute Gasteiger partial charge is 0.321 e. The summed E-state index contributed by atoms with van der Waals surface area (Å²) >= 11 is 2.73. The Bertz CT molecular complexity index is 1940. The second-order valence-electron chi connectivity index (χ2n) is 10.2. The number of aromatic nitrogens is 1. The van der Waals surface area contributed by atoms with E-state index < -0.39 is 22.0 Å². The van der Waals surface area contributed by atoms with Gasteiger partial charge in [-0.3, -0.25) is 24.5 Å². The molecule has 236 valence electrons. The number of carbonyl (C=O) groups excluding carboxylic acids is 3. The molecule has 0 aliphatic carbocycles. The zero-order valence-electron chi connectivity index (χ0n) is 25.3. The number of nitro groups is 1. The second-order valence-corrected chi connectivity index (χ2v) is 12.9. The van der Waals surface area contributed by atoms with Crippen molar-refractivity contribution in [3.63, 3.8) is 0 Å². The van der Waals surface area contributed by atoms with Crippen LogP contribution in [-0.2, 0) is 9.59 Å². The molecular formula is C35H29N5O5S2. The highest BCUT2D eigenvalue weighted by Gasteiger charge is 2.19. The van der Waals surface area contributed by atoms with Crippen molar-refractivity contribution in [1.29, 1.82) is 0 Å². The van der Waals surface area contributed by atoms with Crippen LogP contribution in [0.15, 0.2) is 120 Å². The van der Waals surface area contributed by atoms with Crippen molar-refractivity contribution in [2.45, 2.75) is 24.0 Å². The molecular weight excluding hydrogens is 635 g/mol. The van der Waals surface area contributed by atoms with Crippen LogP contribution in [0.5, 0.6) is 0 Å². The molecule has 1 atom stereocenters. The van der Waals surface area contributed by atoms with E-state index in [2.05, 4.69) is 20.9 Å². The molecule has 3 amide bonds. The number of hydrogen-bond acceptors (Lipinski definition) is 8. The van der Waals surface area contributed by atoms with Gasteiger partial charge < -0.3 is 16.0 Å². The number of amides is 3. The summed E-state index contributed by atoms with van der Waals surface area (Å²) in [5.74, 6) is -1.31. The first-order chi connectivity index (χ1) is 22.7. The Morgan fingerprint density at radius 2 is 1.57 bits per heavy atom. The Kier molecular flexibility index (Phi) is 10.6. The van der Waals surface area contributed by atoms with Crippen molar-refractivity contribution in [3.8, 4) is 11.3 Å². The smallest absolute Gasteiger partial charge is 0.272 e. The number of thiazole rings is 1. The van der Waals surface area contributed by atoms with E-state index in [0.29, 0.717) is 21.9 Å². The van der Waals surface area contributed by atoms with E-state index in [0.717, 1.165) is 21.0 Å². The van der Waals surface area contributed by atoms with Crippen LogP contribution < -0.4 is 16.0 Å². The van der Waals surface area contributed by atoms with Crippen LogP contribution in [0.4, 0.5) is 16.5 Å². The lowest BCUT2D eigenvalue weighted by Crippen LogP contribution is -2.30. The third-order valence-electron chi connectivity index (χ3n) is 6.79. The fourth-order valence-corrected chi connectivity index (χ4v) is 6.19. The van der Waals surface area contributed by atoms with Crippen LogP contribution in [0.1, 0.15) is 27.7 Å². The molecule has 0 spiro atoms. The molecule has 1 aromatic heterocycles. The summed E-state index contributed by atoms with van der Waals surface area (Å²) in [6, 6.07) is 30.8. The molecule has 10 nitrogen and oxygen atoms in total. The van der Waals surface area contributed by atoms with Gasteiger partial charge in [-0.15, -0.1) is 23.1 Å². The van der Waals surface area contributed by atoms with Gasteiger partial charge in [-0.2, -0.15) is 0 Å².